The van der Waals surface area contributed by atoms with Crippen molar-refractivity contribution in [3.63, 3.8) is 0 Å². The molecule has 0 aromatic heterocycles. The number of nitrogens with two attached hydrogens (primary N) is 1. The van der Waals surface area contributed by atoms with Crippen molar-refractivity contribution in [2.24, 2.45) is 11.7 Å². The van der Waals surface area contributed by atoms with Crippen LogP contribution in [0.2, 0.25) is 5.02 Å². The molecule has 0 radical (unpaired) electrons. The number of nitrogens with one attached hydrogen (secondary N) is 1. The molecule has 1 atom stereocenters. The highest BCUT2D eigenvalue weighted by atomic mass is 35.5. The summed E-state index contributed by atoms with van der Waals surface area (Å²) in [7, 11) is 0. The molecule has 1 aromatic rings. The Morgan fingerprint density at radius 3 is 2.67 bits per heavy atom. The van der Waals surface area contributed by atoms with E-state index in [1.807, 2.05) is 38.1 Å². The lowest BCUT2D eigenvalue weighted by atomic mass is 10.0. The van der Waals surface area contributed by atoms with E-state index in [2.05, 4.69) is 5.32 Å². The Bertz CT molecular complexity index is 383. The Morgan fingerprint density at radius 2 is 2.11 bits per heavy atom. The van der Waals surface area contributed by atoms with Crippen LogP contribution in [0.3, 0.4) is 0 Å². The smallest absolute Gasteiger partial charge is 0.237 e. The van der Waals surface area contributed by atoms with Gasteiger partial charge in [0.15, 0.2) is 0 Å². The number of hydrogen-bond acceptors (Lipinski definition) is 2. The van der Waals surface area contributed by atoms with E-state index >= 15 is 0 Å². The summed E-state index contributed by atoms with van der Waals surface area (Å²) in [6.07, 6.45) is 0.761. The highest BCUT2D eigenvalue weighted by Gasteiger charge is 2.16. The molecule has 1 unspecified atom stereocenters. The molecule has 0 bridgehead atoms. The van der Waals surface area contributed by atoms with E-state index in [1.54, 1.807) is 0 Å². The second kappa shape index (κ2) is 8.35. The van der Waals surface area contributed by atoms with E-state index in [1.165, 1.54) is 0 Å². The lowest BCUT2D eigenvalue weighted by Gasteiger charge is -2.15. The average molecular weight is 291 g/mol. The summed E-state index contributed by atoms with van der Waals surface area (Å²) in [4.78, 5) is 11.6. The molecule has 0 heterocycles. The van der Waals surface area contributed by atoms with E-state index in [0.717, 1.165) is 12.0 Å². The Labute approximate surface area is 119 Å². The number of benzene rings is 1. The van der Waals surface area contributed by atoms with Gasteiger partial charge in [0.2, 0.25) is 5.91 Å². The van der Waals surface area contributed by atoms with Crippen molar-refractivity contribution in [1.82, 2.24) is 5.32 Å². The minimum atomic E-state index is -0.436. The summed E-state index contributed by atoms with van der Waals surface area (Å²) in [5.74, 6) is 0.0585. The minimum absolute atomic E-state index is 0. The first-order valence-corrected chi connectivity index (χ1v) is 6.16. The van der Waals surface area contributed by atoms with Crippen LogP contribution in [0.1, 0.15) is 19.4 Å². The fraction of sp³-hybridized carbons (Fsp3) is 0.462. The zero-order valence-corrected chi connectivity index (χ0v) is 12.2. The third-order valence-corrected chi connectivity index (χ3v) is 2.86. The van der Waals surface area contributed by atoms with Crippen molar-refractivity contribution in [3.8, 4) is 0 Å². The van der Waals surface area contributed by atoms with E-state index in [0.29, 0.717) is 11.6 Å². The van der Waals surface area contributed by atoms with E-state index in [4.69, 9.17) is 17.3 Å². The molecular formula is C13H20Cl2N2O. The number of rotatable bonds is 5. The van der Waals surface area contributed by atoms with Crippen molar-refractivity contribution in [2.45, 2.75) is 26.3 Å². The molecule has 1 aromatic carbocycles. The van der Waals surface area contributed by atoms with Gasteiger partial charge in [-0.2, -0.15) is 0 Å². The third kappa shape index (κ3) is 5.71. The Kier molecular flexibility index (Phi) is 8.00. The third-order valence-electron chi connectivity index (χ3n) is 2.62. The van der Waals surface area contributed by atoms with Gasteiger partial charge < -0.3 is 11.1 Å². The summed E-state index contributed by atoms with van der Waals surface area (Å²) in [6, 6.07) is 7.18. The van der Waals surface area contributed by atoms with Crippen LogP contribution >= 0.6 is 24.0 Å². The molecular weight excluding hydrogens is 271 g/mol. The number of carbonyl (C=O) groups excluding carboxylic acids is 1. The van der Waals surface area contributed by atoms with Gasteiger partial charge in [-0.1, -0.05) is 37.6 Å². The van der Waals surface area contributed by atoms with Gasteiger partial charge >= 0.3 is 0 Å². The Balaban J connectivity index is 0.00000289. The maximum absolute atomic E-state index is 11.6. The standard InChI is InChI=1S/C13H19ClN2O.ClH/c1-9(2)12(15)13(17)16-7-6-10-4-3-5-11(14)8-10;/h3-5,8-9,12H,6-7,15H2,1-2H3,(H,16,17);1H. The molecule has 0 fully saturated rings. The highest BCUT2D eigenvalue weighted by molar-refractivity contribution is 6.30. The van der Waals surface area contributed by atoms with Gasteiger partial charge in [-0.15, -0.1) is 12.4 Å². The normalized spacial score (nSPS) is 11.8. The number of hydrogen-bond donors (Lipinski definition) is 2. The van der Waals surface area contributed by atoms with E-state index in [9.17, 15) is 4.79 Å². The molecule has 18 heavy (non-hydrogen) atoms. The number of carbonyl (C=O) groups is 1. The number of amides is 1. The predicted octanol–water partition coefficient (Wildman–Crippen LogP) is 2.40. The lowest BCUT2D eigenvalue weighted by molar-refractivity contribution is -0.123. The molecule has 0 saturated carbocycles. The van der Waals surface area contributed by atoms with Gasteiger partial charge in [0.25, 0.3) is 0 Å². The van der Waals surface area contributed by atoms with E-state index < -0.39 is 6.04 Å². The Hall–Kier alpha value is -0.770. The quantitative estimate of drug-likeness (QED) is 0.875. The lowest BCUT2D eigenvalue weighted by Crippen LogP contribution is -2.44. The van der Waals surface area contributed by atoms with Gasteiger partial charge in [0, 0.05) is 11.6 Å². The molecule has 3 nitrogen and oxygen atoms in total. The van der Waals surface area contributed by atoms with Gasteiger partial charge in [0.05, 0.1) is 6.04 Å². The largest absolute Gasteiger partial charge is 0.354 e. The van der Waals surface area contributed by atoms with Crippen molar-refractivity contribution in [3.05, 3.63) is 34.9 Å². The minimum Gasteiger partial charge on any atom is -0.354 e. The molecule has 0 aliphatic carbocycles. The maximum atomic E-state index is 11.6. The Morgan fingerprint density at radius 1 is 1.44 bits per heavy atom. The molecule has 0 spiro atoms. The SMILES string of the molecule is CC(C)C(N)C(=O)NCCc1cccc(Cl)c1.Cl. The molecule has 1 amide bonds. The summed E-state index contributed by atoms with van der Waals surface area (Å²) < 4.78 is 0. The topological polar surface area (TPSA) is 55.1 Å². The van der Waals surface area contributed by atoms with Crippen molar-refractivity contribution in [1.29, 1.82) is 0 Å². The summed E-state index contributed by atoms with van der Waals surface area (Å²) in [5.41, 5.74) is 6.84. The van der Waals surface area contributed by atoms with Crippen LogP contribution in [0.5, 0.6) is 0 Å². The molecule has 0 aliphatic heterocycles. The van der Waals surface area contributed by atoms with Crippen molar-refractivity contribution >= 4 is 29.9 Å². The molecule has 1 rings (SSSR count). The first kappa shape index (κ1) is 17.2. The first-order valence-electron chi connectivity index (χ1n) is 5.78. The van der Waals surface area contributed by atoms with E-state index in [-0.39, 0.29) is 24.2 Å². The van der Waals surface area contributed by atoms with Gasteiger partial charge in [-0.05, 0) is 30.0 Å². The zero-order chi connectivity index (χ0) is 12.8. The van der Waals surface area contributed by atoms with Crippen LogP contribution in [-0.2, 0) is 11.2 Å². The van der Waals surface area contributed by atoms with Crippen LogP contribution < -0.4 is 11.1 Å². The summed E-state index contributed by atoms with van der Waals surface area (Å²) >= 11 is 5.87. The fourth-order valence-corrected chi connectivity index (χ4v) is 1.66. The second-order valence-electron chi connectivity index (χ2n) is 4.44. The average Bonchev–Trinajstić information content (AvgIpc) is 2.27. The van der Waals surface area contributed by atoms with Crippen molar-refractivity contribution < 1.29 is 4.79 Å². The van der Waals surface area contributed by atoms with Crippen LogP contribution in [0.4, 0.5) is 0 Å². The van der Waals surface area contributed by atoms with Gasteiger partial charge in [0.1, 0.15) is 0 Å². The zero-order valence-electron chi connectivity index (χ0n) is 10.7. The van der Waals surface area contributed by atoms with Crippen LogP contribution in [0, 0.1) is 5.92 Å². The molecule has 0 saturated heterocycles. The summed E-state index contributed by atoms with van der Waals surface area (Å²) in [6.45, 7) is 4.45. The van der Waals surface area contributed by atoms with Crippen LogP contribution in [-0.4, -0.2) is 18.5 Å². The maximum Gasteiger partial charge on any atom is 0.237 e. The molecule has 5 heteroatoms. The molecule has 0 aliphatic rings. The predicted molar refractivity (Wildman–Crippen MR) is 78.2 cm³/mol. The summed E-state index contributed by atoms with van der Waals surface area (Å²) in [5, 5.41) is 3.54. The first-order chi connectivity index (χ1) is 8.00. The second-order valence-corrected chi connectivity index (χ2v) is 4.88. The molecule has 3 N–H and O–H groups in total. The van der Waals surface area contributed by atoms with Crippen LogP contribution in [0.15, 0.2) is 24.3 Å². The van der Waals surface area contributed by atoms with Gasteiger partial charge in [-0.3, -0.25) is 4.79 Å². The van der Waals surface area contributed by atoms with Crippen LogP contribution in [0.25, 0.3) is 0 Å². The molecule has 102 valence electrons. The fourth-order valence-electron chi connectivity index (χ4n) is 1.44. The number of halogens is 2. The highest BCUT2D eigenvalue weighted by Crippen LogP contribution is 2.10. The van der Waals surface area contributed by atoms with Gasteiger partial charge in [-0.25, -0.2) is 0 Å². The van der Waals surface area contributed by atoms with Crippen molar-refractivity contribution in [2.75, 3.05) is 6.54 Å². The monoisotopic (exact) mass is 290 g/mol.